The van der Waals surface area contributed by atoms with Crippen molar-refractivity contribution in [2.24, 2.45) is 23.0 Å². The van der Waals surface area contributed by atoms with Crippen LogP contribution >= 0.6 is 0 Å². The average molecular weight is 205 g/mol. The van der Waals surface area contributed by atoms with E-state index in [1.165, 1.54) is 6.08 Å². The second kappa shape index (κ2) is 2.52. The standard InChI is InChI=1S/C9H10F3NO/c10-9(11,12)8(7(13)14)4-5-1-2-6(8)3-5/h1-2,5-6H,3-4H2,(H2,13,14)/t5-,6+,8+/m1/s1. The maximum atomic E-state index is 12.8. The van der Waals surface area contributed by atoms with E-state index in [0.717, 1.165) is 0 Å². The minimum Gasteiger partial charge on any atom is -0.369 e. The molecular weight excluding hydrogens is 195 g/mol. The SMILES string of the molecule is NC(=O)[C@]1(C(F)(F)F)C[C@@H]2C=C[C@H]1C2. The summed E-state index contributed by atoms with van der Waals surface area (Å²) in [7, 11) is 0. The van der Waals surface area contributed by atoms with Gasteiger partial charge in [0.15, 0.2) is 5.41 Å². The Morgan fingerprint density at radius 2 is 2.07 bits per heavy atom. The largest absolute Gasteiger partial charge is 0.403 e. The molecule has 0 aliphatic heterocycles. The lowest BCUT2D eigenvalue weighted by Crippen LogP contribution is -2.51. The van der Waals surface area contributed by atoms with Gasteiger partial charge in [0.1, 0.15) is 0 Å². The van der Waals surface area contributed by atoms with Crippen LogP contribution in [0.15, 0.2) is 12.2 Å². The van der Waals surface area contributed by atoms with Crippen LogP contribution in [0.1, 0.15) is 12.8 Å². The first-order chi connectivity index (χ1) is 6.38. The van der Waals surface area contributed by atoms with E-state index in [2.05, 4.69) is 0 Å². The Morgan fingerprint density at radius 3 is 2.29 bits per heavy atom. The van der Waals surface area contributed by atoms with Gasteiger partial charge in [-0.15, -0.1) is 0 Å². The van der Waals surface area contributed by atoms with Crippen LogP contribution < -0.4 is 5.73 Å². The lowest BCUT2D eigenvalue weighted by Gasteiger charge is -2.34. The van der Waals surface area contributed by atoms with Crippen LogP contribution in [0.5, 0.6) is 0 Å². The third-order valence-electron chi connectivity index (χ3n) is 3.33. The Bertz CT molecular complexity index is 310. The molecule has 0 unspecified atom stereocenters. The van der Waals surface area contributed by atoms with Crippen molar-refractivity contribution in [1.29, 1.82) is 0 Å². The van der Waals surface area contributed by atoms with E-state index in [1.807, 2.05) is 0 Å². The van der Waals surface area contributed by atoms with Gasteiger partial charge in [-0.1, -0.05) is 12.2 Å². The van der Waals surface area contributed by atoms with Crippen LogP contribution in [0.4, 0.5) is 13.2 Å². The molecule has 2 rings (SSSR count). The van der Waals surface area contributed by atoms with E-state index in [0.29, 0.717) is 6.42 Å². The molecule has 0 heterocycles. The molecule has 2 N–H and O–H groups in total. The smallest absolute Gasteiger partial charge is 0.369 e. The summed E-state index contributed by atoms with van der Waals surface area (Å²) >= 11 is 0. The summed E-state index contributed by atoms with van der Waals surface area (Å²) in [6.07, 6.45) is -1.07. The summed E-state index contributed by atoms with van der Waals surface area (Å²) in [5.41, 5.74) is 2.61. The van der Waals surface area contributed by atoms with E-state index >= 15 is 0 Å². The Hall–Kier alpha value is -1.00. The summed E-state index contributed by atoms with van der Waals surface area (Å²) in [5, 5.41) is 0. The second-order valence-electron chi connectivity index (χ2n) is 4.02. The molecule has 2 aliphatic carbocycles. The maximum Gasteiger partial charge on any atom is 0.403 e. The van der Waals surface area contributed by atoms with Gasteiger partial charge in [-0.25, -0.2) is 0 Å². The van der Waals surface area contributed by atoms with E-state index in [9.17, 15) is 18.0 Å². The number of halogens is 3. The summed E-state index contributed by atoms with van der Waals surface area (Å²) < 4.78 is 38.4. The number of rotatable bonds is 1. The monoisotopic (exact) mass is 205 g/mol. The highest BCUT2D eigenvalue weighted by atomic mass is 19.4. The van der Waals surface area contributed by atoms with E-state index in [1.54, 1.807) is 6.08 Å². The molecule has 0 aromatic rings. The summed E-state index contributed by atoms with van der Waals surface area (Å²) in [5.74, 6) is -2.11. The van der Waals surface area contributed by atoms with Gasteiger partial charge in [0.2, 0.25) is 5.91 Å². The van der Waals surface area contributed by atoms with Gasteiger partial charge in [0, 0.05) is 5.92 Å². The van der Waals surface area contributed by atoms with Gasteiger partial charge in [-0.05, 0) is 18.8 Å². The van der Waals surface area contributed by atoms with Gasteiger partial charge in [-0.3, -0.25) is 4.79 Å². The van der Waals surface area contributed by atoms with Crippen molar-refractivity contribution in [3.63, 3.8) is 0 Å². The topological polar surface area (TPSA) is 43.1 Å². The van der Waals surface area contributed by atoms with E-state index < -0.39 is 23.4 Å². The van der Waals surface area contributed by atoms with Gasteiger partial charge in [0.25, 0.3) is 0 Å². The van der Waals surface area contributed by atoms with Crippen LogP contribution in [-0.2, 0) is 4.79 Å². The number of allylic oxidation sites excluding steroid dienone is 2. The van der Waals surface area contributed by atoms with Gasteiger partial charge < -0.3 is 5.73 Å². The molecule has 0 aromatic heterocycles. The van der Waals surface area contributed by atoms with Gasteiger partial charge in [0.05, 0.1) is 0 Å². The van der Waals surface area contributed by atoms with Crippen LogP contribution in [-0.4, -0.2) is 12.1 Å². The first kappa shape index (κ1) is 9.55. The first-order valence-electron chi connectivity index (χ1n) is 4.43. The zero-order valence-electron chi connectivity index (χ0n) is 7.34. The molecule has 2 bridgehead atoms. The number of alkyl halides is 3. The zero-order chi connectivity index (χ0) is 10.6. The molecule has 2 aliphatic rings. The fraction of sp³-hybridized carbons (Fsp3) is 0.667. The fourth-order valence-corrected chi connectivity index (χ4v) is 2.61. The minimum atomic E-state index is -4.52. The highest BCUT2D eigenvalue weighted by molar-refractivity contribution is 5.83. The van der Waals surface area contributed by atoms with Crippen molar-refractivity contribution in [2.45, 2.75) is 19.0 Å². The third-order valence-corrected chi connectivity index (χ3v) is 3.33. The predicted octanol–water partition coefficient (Wildman–Crippen LogP) is 1.62. The van der Waals surface area contributed by atoms with Crippen LogP contribution in [0.3, 0.4) is 0 Å². The Kier molecular flexibility index (Phi) is 1.72. The fourth-order valence-electron chi connectivity index (χ4n) is 2.61. The molecule has 0 radical (unpaired) electrons. The van der Waals surface area contributed by atoms with Crippen molar-refractivity contribution in [3.8, 4) is 0 Å². The zero-order valence-corrected chi connectivity index (χ0v) is 7.34. The number of carbonyl (C=O) groups is 1. The quantitative estimate of drug-likeness (QED) is 0.649. The van der Waals surface area contributed by atoms with Crippen LogP contribution in [0.2, 0.25) is 0 Å². The van der Waals surface area contributed by atoms with Crippen LogP contribution in [0, 0.1) is 17.3 Å². The van der Waals surface area contributed by atoms with E-state index in [-0.39, 0.29) is 12.3 Å². The summed E-state index contributed by atoms with van der Waals surface area (Å²) in [4.78, 5) is 11.0. The second-order valence-corrected chi connectivity index (χ2v) is 4.02. The van der Waals surface area contributed by atoms with Crippen molar-refractivity contribution in [1.82, 2.24) is 0 Å². The molecule has 2 nitrogen and oxygen atoms in total. The molecule has 0 spiro atoms. The van der Waals surface area contributed by atoms with Gasteiger partial charge >= 0.3 is 6.18 Å². The molecule has 5 heteroatoms. The molecular formula is C9H10F3NO. The normalized spacial score (nSPS) is 40.5. The number of nitrogens with two attached hydrogens (primary N) is 1. The number of amides is 1. The predicted molar refractivity (Wildman–Crippen MR) is 43.0 cm³/mol. The Balaban J connectivity index is 2.44. The highest BCUT2D eigenvalue weighted by Gasteiger charge is 2.67. The maximum absolute atomic E-state index is 12.8. The lowest BCUT2D eigenvalue weighted by molar-refractivity contribution is -0.227. The molecule has 3 atom stereocenters. The number of carbonyl (C=O) groups excluding carboxylic acids is 1. The van der Waals surface area contributed by atoms with Crippen LogP contribution in [0.25, 0.3) is 0 Å². The third kappa shape index (κ3) is 0.952. The van der Waals surface area contributed by atoms with Crippen molar-refractivity contribution < 1.29 is 18.0 Å². The lowest BCUT2D eigenvalue weighted by atomic mass is 9.74. The molecule has 1 amide bonds. The summed E-state index contributed by atoms with van der Waals surface area (Å²) in [6, 6.07) is 0. The van der Waals surface area contributed by atoms with Gasteiger partial charge in [-0.2, -0.15) is 13.2 Å². The Morgan fingerprint density at radius 1 is 1.43 bits per heavy atom. The van der Waals surface area contributed by atoms with Crippen molar-refractivity contribution in [3.05, 3.63) is 12.2 Å². The molecule has 78 valence electrons. The first-order valence-corrected chi connectivity index (χ1v) is 4.43. The number of hydrogen-bond donors (Lipinski definition) is 1. The molecule has 1 fully saturated rings. The minimum absolute atomic E-state index is 0.130. The van der Waals surface area contributed by atoms with Crippen molar-refractivity contribution >= 4 is 5.91 Å². The van der Waals surface area contributed by atoms with Crippen molar-refractivity contribution in [2.75, 3.05) is 0 Å². The molecule has 1 saturated carbocycles. The molecule has 0 saturated heterocycles. The highest BCUT2D eigenvalue weighted by Crippen LogP contribution is 2.59. The number of primary amides is 1. The number of fused-ring (bicyclic) bond motifs is 2. The molecule has 0 aromatic carbocycles. The van der Waals surface area contributed by atoms with E-state index in [4.69, 9.17) is 5.73 Å². The summed E-state index contributed by atoms with van der Waals surface area (Å²) in [6.45, 7) is 0. The number of hydrogen-bond acceptors (Lipinski definition) is 1. The average Bonchev–Trinajstić information content (AvgIpc) is 2.59. The molecule has 14 heavy (non-hydrogen) atoms. The Labute approximate surface area is 79.0 Å².